The third kappa shape index (κ3) is 6.68. The van der Waals surface area contributed by atoms with Gasteiger partial charge in [0.1, 0.15) is 23.7 Å². The molecule has 0 unspecified atom stereocenters. The summed E-state index contributed by atoms with van der Waals surface area (Å²) in [6.07, 6.45) is -3.26. The van der Waals surface area contributed by atoms with Crippen molar-refractivity contribution < 1.29 is 18.0 Å². The van der Waals surface area contributed by atoms with Crippen LogP contribution in [0.3, 0.4) is 0 Å². The summed E-state index contributed by atoms with van der Waals surface area (Å²) < 4.78 is 42.0. The number of carbonyl (C=O) groups is 1. The summed E-state index contributed by atoms with van der Waals surface area (Å²) in [7, 11) is 5.17. The Kier molecular flexibility index (Phi) is 7.81. The Balaban J connectivity index is 1.61. The Bertz CT molecular complexity index is 1500. The number of pyridine rings is 1. The maximum Gasteiger partial charge on any atom is 0.433 e. The van der Waals surface area contributed by atoms with E-state index in [1.807, 2.05) is 19.9 Å². The van der Waals surface area contributed by atoms with E-state index in [1.165, 1.54) is 12.4 Å². The summed E-state index contributed by atoms with van der Waals surface area (Å²) in [5.74, 6) is 1.11. The minimum atomic E-state index is -4.68. The number of aryl methyl sites for hydroxylation is 2. The molecule has 10 nitrogen and oxygen atoms in total. The number of amides is 1. The molecule has 0 saturated heterocycles. The van der Waals surface area contributed by atoms with Crippen LogP contribution in [0.2, 0.25) is 0 Å². The molecular weight excluding hydrogens is 511 g/mol. The van der Waals surface area contributed by atoms with Crippen molar-refractivity contribution in [3.05, 3.63) is 77.0 Å². The van der Waals surface area contributed by atoms with Crippen molar-refractivity contribution in [1.29, 1.82) is 0 Å². The predicted octanol–water partition coefficient (Wildman–Crippen LogP) is 4.79. The molecule has 1 aromatic carbocycles. The van der Waals surface area contributed by atoms with Crippen molar-refractivity contribution in [3.8, 4) is 5.82 Å². The Morgan fingerprint density at radius 3 is 2.51 bits per heavy atom. The lowest BCUT2D eigenvalue weighted by molar-refractivity contribution is -0.141. The van der Waals surface area contributed by atoms with Gasteiger partial charge in [-0.2, -0.15) is 23.0 Å². The number of halogens is 3. The second-order valence-electron chi connectivity index (χ2n) is 9.17. The molecule has 4 rings (SSSR count). The van der Waals surface area contributed by atoms with Crippen LogP contribution >= 0.6 is 0 Å². The van der Waals surface area contributed by atoms with Gasteiger partial charge in [0, 0.05) is 42.7 Å². The molecule has 0 aliphatic carbocycles. The fourth-order valence-electron chi connectivity index (χ4n) is 3.81. The molecule has 204 valence electrons. The van der Waals surface area contributed by atoms with Crippen LogP contribution in [0.5, 0.6) is 0 Å². The van der Waals surface area contributed by atoms with E-state index in [2.05, 4.69) is 36.0 Å². The molecule has 4 aromatic rings. The van der Waals surface area contributed by atoms with E-state index in [-0.39, 0.29) is 17.8 Å². The minimum absolute atomic E-state index is 0.137. The van der Waals surface area contributed by atoms with E-state index in [9.17, 15) is 18.0 Å². The summed E-state index contributed by atoms with van der Waals surface area (Å²) >= 11 is 0. The maximum atomic E-state index is 13.4. The number of hydrogen-bond acceptors (Lipinski definition) is 8. The number of aromatic nitrogens is 5. The van der Waals surface area contributed by atoms with Gasteiger partial charge in [-0.15, -0.1) is 0 Å². The summed E-state index contributed by atoms with van der Waals surface area (Å²) in [6, 6.07) is 10.9. The number of alkyl halides is 3. The first kappa shape index (κ1) is 27.5. The molecule has 3 N–H and O–H groups in total. The van der Waals surface area contributed by atoms with Gasteiger partial charge < -0.3 is 20.9 Å². The fraction of sp³-hybridized carbons (Fsp3) is 0.269. The van der Waals surface area contributed by atoms with Crippen LogP contribution in [-0.4, -0.2) is 56.7 Å². The van der Waals surface area contributed by atoms with Gasteiger partial charge in [-0.05, 0) is 57.8 Å². The first-order valence-electron chi connectivity index (χ1n) is 11.9. The molecule has 0 bridgehead atoms. The molecule has 0 radical (unpaired) electrons. The Morgan fingerprint density at radius 2 is 1.82 bits per heavy atom. The van der Waals surface area contributed by atoms with Crippen molar-refractivity contribution >= 4 is 28.9 Å². The van der Waals surface area contributed by atoms with E-state index in [0.29, 0.717) is 28.8 Å². The van der Waals surface area contributed by atoms with Crippen molar-refractivity contribution in [2.45, 2.75) is 26.6 Å². The van der Waals surface area contributed by atoms with Crippen LogP contribution in [-0.2, 0) is 12.7 Å². The maximum absolute atomic E-state index is 13.4. The van der Waals surface area contributed by atoms with Gasteiger partial charge in [0.2, 0.25) is 0 Å². The van der Waals surface area contributed by atoms with E-state index in [1.54, 1.807) is 55.0 Å². The summed E-state index contributed by atoms with van der Waals surface area (Å²) in [6.45, 7) is 3.88. The molecular formula is C26H28F3N9O. The molecule has 0 aliphatic rings. The number of nitrogens with zero attached hydrogens (tertiary/aromatic N) is 6. The van der Waals surface area contributed by atoms with Crippen LogP contribution in [0.15, 0.2) is 48.8 Å². The molecule has 0 spiro atoms. The topological polar surface area (TPSA) is 113 Å². The number of rotatable bonds is 8. The van der Waals surface area contributed by atoms with Gasteiger partial charge in [0.05, 0.1) is 11.4 Å². The van der Waals surface area contributed by atoms with Crippen molar-refractivity contribution in [3.63, 3.8) is 0 Å². The molecule has 0 atom stereocenters. The monoisotopic (exact) mass is 539 g/mol. The van der Waals surface area contributed by atoms with Crippen molar-refractivity contribution in [2.75, 3.05) is 37.1 Å². The van der Waals surface area contributed by atoms with E-state index in [4.69, 9.17) is 0 Å². The number of benzene rings is 1. The van der Waals surface area contributed by atoms with Gasteiger partial charge in [0.15, 0.2) is 5.82 Å². The third-order valence-corrected chi connectivity index (χ3v) is 5.62. The standard InChI is InChI=1S/C26H28F3N9O/c1-15-6-7-18(34-25(39)17-9-19(13-37(4)5)33-21(10-17)26(27,28)29)11-20(15)35-24-8-16(2)36-38(24)23-12-22(30-3)31-14-32-23/h6-12,14,35H,13H2,1-5H3,(H,34,39)(H,30,31,32). The number of hydrogen-bond donors (Lipinski definition) is 3. The quantitative estimate of drug-likeness (QED) is 0.293. The SMILES string of the molecule is CNc1cc(-n2nc(C)cc2Nc2cc(NC(=O)c3cc(CN(C)C)nc(C(F)(F)F)c3)ccc2C)ncn1. The molecule has 0 aliphatic heterocycles. The number of nitrogens with one attached hydrogen (secondary N) is 3. The van der Waals surface area contributed by atoms with Crippen LogP contribution in [0, 0.1) is 13.8 Å². The number of carbonyl (C=O) groups excluding carboxylic acids is 1. The van der Waals surface area contributed by atoms with Crippen LogP contribution in [0.1, 0.15) is 33.0 Å². The van der Waals surface area contributed by atoms with Gasteiger partial charge in [-0.25, -0.2) is 15.0 Å². The highest BCUT2D eigenvalue weighted by Crippen LogP contribution is 2.30. The second kappa shape index (κ2) is 11.1. The summed E-state index contributed by atoms with van der Waals surface area (Å²) in [5, 5.41) is 13.5. The average molecular weight is 540 g/mol. The zero-order chi connectivity index (χ0) is 28.3. The average Bonchev–Trinajstić information content (AvgIpc) is 3.24. The smallest absolute Gasteiger partial charge is 0.373 e. The van der Waals surface area contributed by atoms with Crippen LogP contribution in [0.25, 0.3) is 5.82 Å². The lowest BCUT2D eigenvalue weighted by atomic mass is 10.1. The van der Waals surface area contributed by atoms with Crippen LogP contribution < -0.4 is 16.0 Å². The molecule has 3 aromatic heterocycles. The van der Waals surface area contributed by atoms with E-state index in [0.717, 1.165) is 17.3 Å². The molecule has 39 heavy (non-hydrogen) atoms. The zero-order valence-corrected chi connectivity index (χ0v) is 22.1. The molecule has 0 fully saturated rings. The highest BCUT2D eigenvalue weighted by molar-refractivity contribution is 6.04. The Morgan fingerprint density at radius 1 is 1.05 bits per heavy atom. The number of anilines is 4. The second-order valence-corrected chi connectivity index (χ2v) is 9.17. The lowest BCUT2D eigenvalue weighted by Gasteiger charge is -2.15. The third-order valence-electron chi connectivity index (χ3n) is 5.62. The van der Waals surface area contributed by atoms with Crippen molar-refractivity contribution in [2.24, 2.45) is 0 Å². The largest absolute Gasteiger partial charge is 0.433 e. The fourth-order valence-corrected chi connectivity index (χ4v) is 3.81. The summed E-state index contributed by atoms with van der Waals surface area (Å²) in [5.41, 5.74) is 1.56. The first-order chi connectivity index (χ1) is 18.4. The van der Waals surface area contributed by atoms with Gasteiger partial charge in [0.25, 0.3) is 5.91 Å². The predicted molar refractivity (Wildman–Crippen MR) is 142 cm³/mol. The summed E-state index contributed by atoms with van der Waals surface area (Å²) in [4.78, 5) is 26.8. The van der Waals surface area contributed by atoms with Crippen LogP contribution in [0.4, 0.5) is 36.2 Å². The highest BCUT2D eigenvalue weighted by atomic mass is 19.4. The Hall–Kier alpha value is -4.52. The van der Waals surface area contributed by atoms with E-state index < -0.39 is 17.8 Å². The lowest BCUT2D eigenvalue weighted by Crippen LogP contribution is -2.19. The van der Waals surface area contributed by atoms with Gasteiger partial charge >= 0.3 is 6.18 Å². The van der Waals surface area contributed by atoms with Gasteiger partial charge in [-0.1, -0.05) is 6.07 Å². The van der Waals surface area contributed by atoms with Gasteiger partial charge in [-0.3, -0.25) is 4.79 Å². The zero-order valence-electron chi connectivity index (χ0n) is 22.1. The van der Waals surface area contributed by atoms with E-state index >= 15 is 0 Å². The van der Waals surface area contributed by atoms with Crippen molar-refractivity contribution in [1.82, 2.24) is 29.6 Å². The Labute approximate surface area is 223 Å². The molecule has 1 amide bonds. The first-order valence-corrected chi connectivity index (χ1v) is 11.9. The minimum Gasteiger partial charge on any atom is -0.373 e. The normalized spacial score (nSPS) is 11.5. The molecule has 0 saturated carbocycles. The highest BCUT2D eigenvalue weighted by Gasteiger charge is 2.34. The molecule has 3 heterocycles. The molecule has 13 heteroatoms.